The predicted molar refractivity (Wildman–Crippen MR) is 124 cm³/mol. The number of nitrogens with one attached hydrogen (secondary N) is 1. The Bertz CT molecular complexity index is 1030. The van der Waals surface area contributed by atoms with E-state index in [2.05, 4.69) is 24.4 Å². The van der Waals surface area contributed by atoms with E-state index in [1.165, 1.54) is 17.3 Å². The number of hydrogen-bond acceptors (Lipinski definition) is 4. The minimum atomic E-state index is -0.0454. The molecule has 0 bridgehead atoms. The Kier molecular flexibility index (Phi) is 8.08. The predicted octanol–water partition coefficient (Wildman–Crippen LogP) is 4.43. The molecule has 0 spiro atoms. The number of aryl methyl sites for hydroxylation is 1. The maximum absolute atomic E-state index is 13.1. The molecule has 0 radical (unpaired) electrons. The Balaban J connectivity index is 1.76. The van der Waals surface area contributed by atoms with Crippen LogP contribution in [-0.4, -0.2) is 27.3 Å². The highest BCUT2D eigenvalue weighted by molar-refractivity contribution is 7.99. The molecule has 5 nitrogen and oxygen atoms in total. The van der Waals surface area contributed by atoms with Crippen LogP contribution in [0.3, 0.4) is 0 Å². The number of benzene rings is 2. The summed E-state index contributed by atoms with van der Waals surface area (Å²) in [6, 6.07) is 17.8. The maximum atomic E-state index is 13.1. The van der Waals surface area contributed by atoms with Crippen LogP contribution >= 0.6 is 11.8 Å². The number of carbonyl (C=O) groups is 1. The van der Waals surface area contributed by atoms with Crippen LogP contribution < -0.4 is 10.9 Å². The van der Waals surface area contributed by atoms with Gasteiger partial charge in [-0.05, 0) is 43.9 Å². The molecule has 0 aliphatic heterocycles. The average Bonchev–Trinajstić information content (AvgIpc) is 2.75. The molecule has 0 aliphatic carbocycles. The van der Waals surface area contributed by atoms with Crippen molar-refractivity contribution in [3.05, 3.63) is 70.5 Å². The summed E-state index contributed by atoms with van der Waals surface area (Å²) in [5, 5.41) is 4.23. The van der Waals surface area contributed by atoms with Crippen molar-refractivity contribution in [2.75, 3.05) is 5.75 Å². The van der Waals surface area contributed by atoms with Crippen molar-refractivity contribution in [2.45, 2.75) is 57.3 Å². The second-order valence-electron chi connectivity index (χ2n) is 7.50. The number of thioether (sulfide) groups is 1. The van der Waals surface area contributed by atoms with E-state index in [-0.39, 0.29) is 23.3 Å². The van der Waals surface area contributed by atoms with Crippen LogP contribution in [0, 0.1) is 0 Å². The average molecular weight is 424 g/mol. The van der Waals surface area contributed by atoms with Crippen molar-refractivity contribution >= 4 is 28.6 Å². The zero-order valence-corrected chi connectivity index (χ0v) is 18.5. The van der Waals surface area contributed by atoms with Crippen LogP contribution in [0.25, 0.3) is 10.9 Å². The van der Waals surface area contributed by atoms with Gasteiger partial charge in [0.05, 0.1) is 16.7 Å². The van der Waals surface area contributed by atoms with Gasteiger partial charge in [-0.2, -0.15) is 0 Å². The quantitative estimate of drug-likeness (QED) is 0.387. The maximum Gasteiger partial charge on any atom is 0.262 e. The highest BCUT2D eigenvalue weighted by Crippen LogP contribution is 2.18. The van der Waals surface area contributed by atoms with Gasteiger partial charge in [0, 0.05) is 12.6 Å². The zero-order chi connectivity index (χ0) is 21.3. The Morgan fingerprint density at radius 3 is 2.63 bits per heavy atom. The van der Waals surface area contributed by atoms with Gasteiger partial charge in [0.1, 0.15) is 0 Å². The van der Waals surface area contributed by atoms with Crippen LogP contribution in [0.15, 0.2) is 64.5 Å². The molecule has 2 aromatic carbocycles. The summed E-state index contributed by atoms with van der Waals surface area (Å²) in [5.74, 6) is 0.219. The van der Waals surface area contributed by atoms with Gasteiger partial charge >= 0.3 is 0 Å². The largest absolute Gasteiger partial charge is 0.353 e. The monoisotopic (exact) mass is 423 g/mol. The van der Waals surface area contributed by atoms with E-state index in [0.29, 0.717) is 22.6 Å². The number of carbonyl (C=O) groups excluding carboxylic acids is 1. The second-order valence-corrected chi connectivity index (χ2v) is 8.45. The van der Waals surface area contributed by atoms with E-state index in [1.807, 2.05) is 49.4 Å². The Morgan fingerprint density at radius 2 is 1.87 bits per heavy atom. The van der Waals surface area contributed by atoms with E-state index in [4.69, 9.17) is 4.98 Å². The SMILES string of the molecule is CCC[C@@H](C)NC(=O)CSc1nc2ccccc2c(=O)n1CCCc1ccccc1. The lowest BCUT2D eigenvalue weighted by Gasteiger charge is -2.15. The van der Waals surface area contributed by atoms with Crippen LogP contribution in [0.1, 0.15) is 38.7 Å². The Labute approximate surface area is 181 Å². The molecule has 1 amide bonds. The summed E-state index contributed by atoms with van der Waals surface area (Å²) in [6.07, 6.45) is 3.70. The second kappa shape index (κ2) is 11.0. The highest BCUT2D eigenvalue weighted by atomic mass is 32.2. The molecule has 1 heterocycles. The summed E-state index contributed by atoms with van der Waals surface area (Å²) in [4.78, 5) is 30.1. The van der Waals surface area contributed by atoms with Crippen LogP contribution in [0.2, 0.25) is 0 Å². The molecule has 3 rings (SSSR count). The molecule has 0 fully saturated rings. The molecule has 1 aromatic heterocycles. The molecular formula is C24H29N3O2S. The zero-order valence-electron chi connectivity index (χ0n) is 17.6. The third-order valence-electron chi connectivity index (χ3n) is 4.98. The van der Waals surface area contributed by atoms with Crippen molar-refractivity contribution in [1.29, 1.82) is 0 Å². The first-order valence-electron chi connectivity index (χ1n) is 10.5. The fraction of sp³-hybridized carbons (Fsp3) is 0.375. The van der Waals surface area contributed by atoms with E-state index in [0.717, 1.165) is 25.7 Å². The molecule has 0 saturated carbocycles. The Morgan fingerprint density at radius 1 is 1.13 bits per heavy atom. The molecule has 0 saturated heterocycles. The van der Waals surface area contributed by atoms with Gasteiger partial charge < -0.3 is 5.32 Å². The molecule has 1 N–H and O–H groups in total. The number of fused-ring (bicyclic) bond motifs is 1. The van der Waals surface area contributed by atoms with Crippen molar-refractivity contribution in [2.24, 2.45) is 0 Å². The molecule has 0 unspecified atom stereocenters. The van der Waals surface area contributed by atoms with Crippen LogP contribution in [0.4, 0.5) is 0 Å². The lowest BCUT2D eigenvalue weighted by Crippen LogP contribution is -2.34. The van der Waals surface area contributed by atoms with Gasteiger partial charge in [-0.3, -0.25) is 14.2 Å². The minimum absolute atomic E-state index is 0.0285. The fourth-order valence-electron chi connectivity index (χ4n) is 3.49. The number of para-hydroxylation sites is 1. The fourth-order valence-corrected chi connectivity index (χ4v) is 4.33. The topological polar surface area (TPSA) is 64.0 Å². The number of aromatic nitrogens is 2. The first kappa shape index (κ1) is 22.1. The highest BCUT2D eigenvalue weighted by Gasteiger charge is 2.14. The molecule has 30 heavy (non-hydrogen) atoms. The van der Waals surface area contributed by atoms with Crippen molar-refractivity contribution in [3.63, 3.8) is 0 Å². The number of hydrogen-bond donors (Lipinski definition) is 1. The van der Waals surface area contributed by atoms with Crippen LogP contribution in [0.5, 0.6) is 0 Å². The Hall–Kier alpha value is -2.60. The van der Waals surface area contributed by atoms with Gasteiger partial charge in [-0.25, -0.2) is 4.98 Å². The van der Waals surface area contributed by atoms with Gasteiger partial charge in [0.25, 0.3) is 5.56 Å². The summed E-state index contributed by atoms with van der Waals surface area (Å²) < 4.78 is 1.72. The third kappa shape index (κ3) is 5.95. The summed E-state index contributed by atoms with van der Waals surface area (Å²) in [6.45, 7) is 4.69. The molecule has 3 aromatic rings. The molecule has 6 heteroatoms. The first-order chi connectivity index (χ1) is 14.6. The smallest absolute Gasteiger partial charge is 0.262 e. The first-order valence-corrected chi connectivity index (χ1v) is 11.5. The normalized spacial score (nSPS) is 12.1. The summed E-state index contributed by atoms with van der Waals surface area (Å²) in [7, 11) is 0. The lowest BCUT2D eigenvalue weighted by atomic mass is 10.1. The van der Waals surface area contributed by atoms with Crippen LogP contribution in [-0.2, 0) is 17.8 Å². The van der Waals surface area contributed by atoms with Crippen molar-refractivity contribution in [1.82, 2.24) is 14.9 Å². The molecule has 1 atom stereocenters. The molecule has 158 valence electrons. The minimum Gasteiger partial charge on any atom is -0.353 e. The standard InChI is InChI=1S/C24H29N3O2S/c1-3-10-18(2)25-22(28)17-30-24-26-21-15-8-7-14-20(21)23(29)27(24)16-9-13-19-11-5-4-6-12-19/h4-8,11-12,14-15,18H,3,9-10,13,16-17H2,1-2H3,(H,25,28)/t18-/m1/s1. The summed E-state index contributed by atoms with van der Waals surface area (Å²) >= 11 is 1.33. The summed E-state index contributed by atoms with van der Waals surface area (Å²) in [5.41, 5.74) is 1.87. The number of rotatable bonds is 10. The van der Waals surface area contributed by atoms with Gasteiger partial charge in [-0.15, -0.1) is 0 Å². The van der Waals surface area contributed by atoms with E-state index in [9.17, 15) is 9.59 Å². The van der Waals surface area contributed by atoms with E-state index in [1.54, 1.807) is 4.57 Å². The molecular weight excluding hydrogens is 394 g/mol. The number of nitrogens with zero attached hydrogens (tertiary/aromatic N) is 2. The van der Waals surface area contributed by atoms with E-state index >= 15 is 0 Å². The van der Waals surface area contributed by atoms with Gasteiger partial charge in [0.15, 0.2) is 5.16 Å². The van der Waals surface area contributed by atoms with Crippen molar-refractivity contribution in [3.8, 4) is 0 Å². The van der Waals surface area contributed by atoms with Crippen molar-refractivity contribution < 1.29 is 4.79 Å². The lowest BCUT2D eigenvalue weighted by molar-refractivity contribution is -0.119. The third-order valence-corrected chi connectivity index (χ3v) is 5.95. The van der Waals surface area contributed by atoms with Gasteiger partial charge in [0.2, 0.25) is 5.91 Å². The number of amides is 1. The van der Waals surface area contributed by atoms with Gasteiger partial charge in [-0.1, -0.05) is 67.6 Å². The molecule has 0 aliphatic rings. The van der Waals surface area contributed by atoms with E-state index < -0.39 is 0 Å².